The molecule has 1 aromatic rings. The van der Waals surface area contributed by atoms with Crippen LogP contribution in [0.15, 0.2) is 30.3 Å². The predicted octanol–water partition coefficient (Wildman–Crippen LogP) is 3.46. The average Bonchev–Trinajstić information content (AvgIpc) is 2.43. The Labute approximate surface area is 119 Å². The van der Waals surface area contributed by atoms with Crippen LogP contribution in [0.4, 0.5) is 0 Å². The number of nitrogens with two attached hydrogens (primary N) is 1. The van der Waals surface area contributed by atoms with Gasteiger partial charge in [0, 0.05) is 18.1 Å². The molecule has 0 spiro atoms. The number of hydrogen-bond acceptors (Lipinski definition) is 2. The first-order chi connectivity index (χ1) is 9.03. The molecule has 0 bridgehead atoms. The van der Waals surface area contributed by atoms with Gasteiger partial charge in [-0.25, -0.2) is 0 Å². The minimum Gasteiger partial charge on any atom is -0.329 e. The van der Waals surface area contributed by atoms with Gasteiger partial charge in [-0.1, -0.05) is 37.3 Å². The predicted molar refractivity (Wildman–Crippen MR) is 84.4 cm³/mol. The molecule has 0 radical (unpaired) electrons. The van der Waals surface area contributed by atoms with E-state index in [2.05, 4.69) is 62.9 Å². The average molecular weight is 262 g/mol. The van der Waals surface area contributed by atoms with Crippen molar-refractivity contribution in [3.05, 3.63) is 35.9 Å². The Morgan fingerprint density at radius 1 is 1.21 bits per heavy atom. The zero-order valence-corrected chi connectivity index (χ0v) is 13.0. The van der Waals surface area contributed by atoms with Crippen molar-refractivity contribution in [2.24, 2.45) is 5.73 Å². The zero-order chi connectivity index (χ0) is 14.3. The topological polar surface area (TPSA) is 29.3 Å². The summed E-state index contributed by atoms with van der Waals surface area (Å²) in [5.74, 6) is 0. The Morgan fingerprint density at radius 2 is 1.84 bits per heavy atom. The highest BCUT2D eigenvalue weighted by molar-refractivity contribution is 5.15. The van der Waals surface area contributed by atoms with Crippen LogP contribution in [-0.2, 0) is 6.42 Å². The van der Waals surface area contributed by atoms with Crippen molar-refractivity contribution in [1.82, 2.24) is 4.90 Å². The molecule has 0 aliphatic carbocycles. The molecule has 0 aliphatic heterocycles. The van der Waals surface area contributed by atoms with Gasteiger partial charge < -0.3 is 5.73 Å². The van der Waals surface area contributed by atoms with E-state index in [4.69, 9.17) is 5.73 Å². The summed E-state index contributed by atoms with van der Waals surface area (Å²) in [4.78, 5) is 2.57. The van der Waals surface area contributed by atoms with Crippen LogP contribution in [0.2, 0.25) is 0 Å². The molecular weight excluding hydrogens is 232 g/mol. The third-order valence-electron chi connectivity index (χ3n) is 4.02. The minimum atomic E-state index is 0.0972. The lowest BCUT2D eigenvalue weighted by Gasteiger charge is -2.43. The van der Waals surface area contributed by atoms with Crippen molar-refractivity contribution >= 4 is 0 Å². The molecule has 0 heterocycles. The third-order valence-corrected chi connectivity index (χ3v) is 4.02. The van der Waals surface area contributed by atoms with E-state index in [0.29, 0.717) is 6.04 Å². The van der Waals surface area contributed by atoms with Gasteiger partial charge in [0.2, 0.25) is 0 Å². The van der Waals surface area contributed by atoms with E-state index in [0.717, 1.165) is 25.9 Å². The molecule has 0 saturated carbocycles. The summed E-state index contributed by atoms with van der Waals surface area (Å²) >= 11 is 0. The molecule has 2 heteroatoms. The smallest absolute Gasteiger partial charge is 0.0309 e. The maximum atomic E-state index is 6.10. The Morgan fingerprint density at radius 3 is 2.32 bits per heavy atom. The lowest BCUT2D eigenvalue weighted by atomic mass is 9.90. The van der Waals surface area contributed by atoms with Crippen molar-refractivity contribution in [2.45, 2.75) is 58.5 Å². The molecular formula is C17H30N2. The van der Waals surface area contributed by atoms with Gasteiger partial charge in [0.15, 0.2) is 0 Å². The summed E-state index contributed by atoms with van der Waals surface area (Å²) in [6.45, 7) is 10.9. The van der Waals surface area contributed by atoms with Crippen molar-refractivity contribution in [3.8, 4) is 0 Å². The molecule has 19 heavy (non-hydrogen) atoms. The summed E-state index contributed by atoms with van der Waals surface area (Å²) < 4.78 is 0. The largest absolute Gasteiger partial charge is 0.329 e. The third kappa shape index (κ3) is 4.63. The van der Waals surface area contributed by atoms with Gasteiger partial charge in [-0.3, -0.25) is 4.90 Å². The quantitative estimate of drug-likeness (QED) is 0.777. The van der Waals surface area contributed by atoms with Crippen molar-refractivity contribution in [1.29, 1.82) is 0 Å². The van der Waals surface area contributed by atoms with Crippen LogP contribution in [0.1, 0.15) is 46.1 Å². The molecule has 0 saturated heterocycles. The highest BCUT2D eigenvalue weighted by atomic mass is 15.2. The van der Waals surface area contributed by atoms with E-state index in [1.54, 1.807) is 0 Å². The number of nitrogens with zero attached hydrogens (tertiary/aromatic N) is 1. The van der Waals surface area contributed by atoms with Gasteiger partial charge >= 0.3 is 0 Å². The summed E-state index contributed by atoms with van der Waals surface area (Å²) in [5, 5.41) is 0. The zero-order valence-electron chi connectivity index (χ0n) is 13.0. The van der Waals surface area contributed by atoms with Gasteiger partial charge in [-0.05, 0) is 52.1 Å². The van der Waals surface area contributed by atoms with Crippen molar-refractivity contribution in [2.75, 3.05) is 13.1 Å². The van der Waals surface area contributed by atoms with Gasteiger partial charge in [0.25, 0.3) is 0 Å². The molecule has 1 rings (SSSR count). The van der Waals surface area contributed by atoms with E-state index in [9.17, 15) is 0 Å². The minimum absolute atomic E-state index is 0.0972. The number of benzene rings is 1. The first-order valence-electron chi connectivity index (χ1n) is 7.54. The van der Waals surface area contributed by atoms with Crippen LogP contribution >= 0.6 is 0 Å². The molecule has 1 atom stereocenters. The molecule has 2 N–H and O–H groups in total. The summed E-state index contributed by atoms with van der Waals surface area (Å²) in [7, 11) is 0. The van der Waals surface area contributed by atoms with Crippen LogP contribution in [0.25, 0.3) is 0 Å². The monoisotopic (exact) mass is 262 g/mol. The number of hydrogen-bond donors (Lipinski definition) is 1. The molecule has 108 valence electrons. The van der Waals surface area contributed by atoms with Gasteiger partial charge in [0.05, 0.1) is 0 Å². The molecule has 2 nitrogen and oxygen atoms in total. The molecule has 0 aliphatic rings. The van der Waals surface area contributed by atoms with E-state index in [-0.39, 0.29) is 5.54 Å². The lowest BCUT2D eigenvalue weighted by Crippen LogP contribution is -2.55. The Hall–Kier alpha value is -0.860. The first kappa shape index (κ1) is 16.2. The van der Waals surface area contributed by atoms with Crippen LogP contribution < -0.4 is 5.73 Å². The van der Waals surface area contributed by atoms with Crippen molar-refractivity contribution in [3.63, 3.8) is 0 Å². The highest BCUT2D eigenvalue weighted by Gasteiger charge is 2.31. The highest BCUT2D eigenvalue weighted by Crippen LogP contribution is 2.23. The van der Waals surface area contributed by atoms with E-state index < -0.39 is 0 Å². The fourth-order valence-electron chi connectivity index (χ4n) is 2.81. The maximum Gasteiger partial charge on any atom is 0.0309 e. The first-order valence-corrected chi connectivity index (χ1v) is 7.54. The van der Waals surface area contributed by atoms with E-state index in [1.165, 1.54) is 12.0 Å². The molecule has 0 amide bonds. The molecule has 0 fully saturated rings. The van der Waals surface area contributed by atoms with Crippen molar-refractivity contribution < 1.29 is 0 Å². The Kier molecular flexibility index (Phi) is 6.53. The second kappa shape index (κ2) is 7.66. The fraction of sp³-hybridized carbons (Fsp3) is 0.647. The summed E-state index contributed by atoms with van der Waals surface area (Å²) in [6, 6.07) is 11.3. The molecule has 1 unspecified atom stereocenters. The molecule has 0 aromatic heterocycles. The van der Waals surface area contributed by atoms with Crippen LogP contribution in [-0.4, -0.2) is 29.6 Å². The Balaban J connectivity index is 2.72. The fourth-order valence-corrected chi connectivity index (χ4v) is 2.81. The lowest BCUT2D eigenvalue weighted by molar-refractivity contribution is 0.0686. The van der Waals surface area contributed by atoms with Gasteiger partial charge in [-0.15, -0.1) is 0 Å². The molecule has 1 aromatic carbocycles. The number of aryl methyl sites for hydroxylation is 1. The SMILES string of the molecule is CCCN(C(C)C)C(C)(CN)CCc1ccccc1. The van der Waals surface area contributed by atoms with Gasteiger partial charge in [-0.2, -0.15) is 0 Å². The normalized spacial score (nSPS) is 14.9. The Bertz CT molecular complexity index is 348. The second-order valence-corrected chi connectivity index (χ2v) is 5.97. The standard InChI is InChI=1S/C17H30N2/c1-5-13-19(15(2)3)17(4,14-18)12-11-16-9-7-6-8-10-16/h6-10,15H,5,11-14,18H2,1-4H3. The van der Waals surface area contributed by atoms with Crippen LogP contribution in [0.3, 0.4) is 0 Å². The van der Waals surface area contributed by atoms with Crippen LogP contribution in [0, 0.1) is 0 Å². The summed E-state index contributed by atoms with van der Waals surface area (Å²) in [6.07, 6.45) is 3.40. The maximum absolute atomic E-state index is 6.10. The second-order valence-electron chi connectivity index (χ2n) is 5.97. The number of rotatable bonds is 8. The van der Waals surface area contributed by atoms with E-state index in [1.807, 2.05) is 0 Å². The summed E-state index contributed by atoms with van der Waals surface area (Å²) in [5.41, 5.74) is 7.60. The van der Waals surface area contributed by atoms with Crippen LogP contribution in [0.5, 0.6) is 0 Å². The van der Waals surface area contributed by atoms with E-state index >= 15 is 0 Å². The van der Waals surface area contributed by atoms with Gasteiger partial charge in [0.1, 0.15) is 0 Å².